The van der Waals surface area contributed by atoms with Gasteiger partial charge in [0.2, 0.25) is 11.8 Å². The van der Waals surface area contributed by atoms with E-state index in [1.807, 2.05) is 6.92 Å². The number of nitrogens with one attached hydrogen (secondary N) is 1. The van der Waals surface area contributed by atoms with Gasteiger partial charge in [-0.25, -0.2) is 0 Å². The molecule has 0 aliphatic carbocycles. The van der Waals surface area contributed by atoms with Crippen molar-refractivity contribution in [2.75, 3.05) is 31.6 Å². The summed E-state index contributed by atoms with van der Waals surface area (Å²) in [6, 6.07) is 5.00. The predicted molar refractivity (Wildman–Crippen MR) is 90.9 cm³/mol. The van der Waals surface area contributed by atoms with Crippen LogP contribution < -0.4 is 5.32 Å². The quantitative estimate of drug-likeness (QED) is 0.878. The van der Waals surface area contributed by atoms with Crippen molar-refractivity contribution in [2.24, 2.45) is 5.92 Å². The minimum Gasteiger partial charge on any atom is -0.381 e. The summed E-state index contributed by atoms with van der Waals surface area (Å²) in [7, 11) is 0. The first-order valence-corrected chi connectivity index (χ1v) is 8.39. The summed E-state index contributed by atoms with van der Waals surface area (Å²) in [5, 5.41) is 3.41. The molecule has 1 aromatic carbocycles. The molecule has 0 unspecified atom stereocenters. The van der Waals surface area contributed by atoms with E-state index in [0.717, 1.165) is 0 Å². The molecule has 0 saturated carbocycles. The number of hydrogen-bond donors (Lipinski definition) is 1. The Morgan fingerprint density at radius 2 is 1.87 bits per heavy atom. The molecule has 1 aromatic rings. The lowest BCUT2D eigenvalue weighted by Gasteiger charge is -2.28. The molecule has 1 saturated heterocycles. The molecule has 23 heavy (non-hydrogen) atoms. The van der Waals surface area contributed by atoms with E-state index >= 15 is 0 Å². The van der Waals surface area contributed by atoms with Gasteiger partial charge in [-0.1, -0.05) is 29.3 Å². The van der Waals surface area contributed by atoms with Gasteiger partial charge in [-0.2, -0.15) is 0 Å². The van der Waals surface area contributed by atoms with Crippen LogP contribution in [0.4, 0.5) is 5.69 Å². The van der Waals surface area contributed by atoms with Gasteiger partial charge in [0.15, 0.2) is 0 Å². The highest BCUT2D eigenvalue weighted by Crippen LogP contribution is 2.29. The van der Waals surface area contributed by atoms with Crippen molar-refractivity contribution in [1.82, 2.24) is 4.90 Å². The van der Waals surface area contributed by atoms with Gasteiger partial charge < -0.3 is 15.0 Å². The lowest BCUT2D eigenvalue weighted by Crippen LogP contribution is -2.42. The second kappa shape index (κ2) is 8.52. The minimum atomic E-state index is -0.317. The Hall–Kier alpha value is -1.30. The predicted octanol–water partition coefficient (Wildman–Crippen LogP) is 3.21. The van der Waals surface area contributed by atoms with Crippen LogP contribution in [0.1, 0.15) is 19.8 Å². The SMILES string of the molecule is CCN(CC(=O)Nc1c(Cl)cccc1Cl)C(=O)C1CCOCC1. The summed E-state index contributed by atoms with van der Waals surface area (Å²) in [5.41, 5.74) is 0.371. The maximum absolute atomic E-state index is 12.5. The summed E-state index contributed by atoms with van der Waals surface area (Å²) in [6.07, 6.45) is 1.40. The van der Waals surface area contributed by atoms with Crippen LogP contribution in [0.25, 0.3) is 0 Å². The molecule has 1 aliphatic heterocycles. The lowest BCUT2D eigenvalue weighted by atomic mass is 9.98. The number of rotatable bonds is 5. The topological polar surface area (TPSA) is 58.6 Å². The molecule has 5 nitrogen and oxygen atoms in total. The third kappa shape index (κ3) is 4.83. The first-order chi connectivity index (χ1) is 11.0. The summed E-state index contributed by atoms with van der Waals surface area (Å²) in [5.74, 6) is -0.390. The van der Waals surface area contributed by atoms with E-state index in [1.54, 1.807) is 23.1 Å². The molecule has 1 heterocycles. The first kappa shape index (κ1) is 18.0. The molecule has 2 rings (SSSR count). The maximum atomic E-state index is 12.5. The van der Waals surface area contributed by atoms with Crippen LogP contribution >= 0.6 is 23.2 Å². The van der Waals surface area contributed by atoms with E-state index in [1.165, 1.54) is 0 Å². The molecule has 1 N–H and O–H groups in total. The van der Waals surface area contributed by atoms with E-state index in [-0.39, 0.29) is 24.3 Å². The Morgan fingerprint density at radius 3 is 2.43 bits per heavy atom. The molecule has 1 aliphatic rings. The van der Waals surface area contributed by atoms with Crippen LogP contribution in [0.3, 0.4) is 0 Å². The van der Waals surface area contributed by atoms with Crippen LogP contribution in [-0.4, -0.2) is 43.0 Å². The lowest BCUT2D eigenvalue weighted by molar-refractivity contribution is -0.140. The number of benzene rings is 1. The van der Waals surface area contributed by atoms with Gasteiger partial charge in [-0.05, 0) is 31.9 Å². The Morgan fingerprint density at radius 1 is 1.26 bits per heavy atom. The highest BCUT2D eigenvalue weighted by molar-refractivity contribution is 6.39. The van der Waals surface area contributed by atoms with Crippen molar-refractivity contribution in [3.8, 4) is 0 Å². The van der Waals surface area contributed by atoms with E-state index in [4.69, 9.17) is 27.9 Å². The van der Waals surface area contributed by atoms with E-state index in [2.05, 4.69) is 5.32 Å². The summed E-state index contributed by atoms with van der Waals surface area (Å²) >= 11 is 12.1. The van der Waals surface area contributed by atoms with E-state index in [0.29, 0.717) is 48.3 Å². The average molecular weight is 359 g/mol. The molecular formula is C16H20Cl2N2O3. The van der Waals surface area contributed by atoms with Crippen LogP contribution in [-0.2, 0) is 14.3 Å². The Labute approximate surface area is 145 Å². The van der Waals surface area contributed by atoms with Crippen LogP contribution in [0, 0.1) is 5.92 Å². The number of halogens is 2. The highest BCUT2D eigenvalue weighted by Gasteiger charge is 2.27. The second-order valence-corrected chi connectivity index (χ2v) is 6.20. The zero-order valence-corrected chi connectivity index (χ0v) is 14.5. The second-order valence-electron chi connectivity index (χ2n) is 5.38. The van der Waals surface area contributed by atoms with Crippen molar-refractivity contribution < 1.29 is 14.3 Å². The number of nitrogens with zero attached hydrogens (tertiary/aromatic N) is 1. The normalized spacial score (nSPS) is 15.3. The van der Waals surface area contributed by atoms with Crippen LogP contribution in [0.2, 0.25) is 10.0 Å². The molecule has 0 bridgehead atoms. The fourth-order valence-corrected chi connectivity index (χ4v) is 3.01. The van der Waals surface area contributed by atoms with Crippen molar-refractivity contribution >= 4 is 40.7 Å². The fraction of sp³-hybridized carbons (Fsp3) is 0.500. The van der Waals surface area contributed by atoms with Gasteiger partial charge in [0.1, 0.15) is 0 Å². The minimum absolute atomic E-state index is 0.00351. The molecule has 0 spiro atoms. The number of ether oxygens (including phenoxy) is 1. The van der Waals surface area contributed by atoms with Gasteiger partial charge in [-0.3, -0.25) is 9.59 Å². The number of anilines is 1. The summed E-state index contributed by atoms with van der Waals surface area (Å²) in [4.78, 5) is 26.3. The molecule has 1 fully saturated rings. The van der Waals surface area contributed by atoms with Gasteiger partial charge in [0.25, 0.3) is 0 Å². The molecule has 7 heteroatoms. The monoisotopic (exact) mass is 358 g/mol. The van der Waals surface area contributed by atoms with Gasteiger partial charge in [0.05, 0.1) is 22.3 Å². The van der Waals surface area contributed by atoms with Crippen molar-refractivity contribution in [3.63, 3.8) is 0 Å². The van der Waals surface area contributed by atoms with Crippen molar-refractivity contribution in [1.29, 1.82) is 0 Å². The Balaban J connectivity index is 1.98. The van der Waals surface area contributed by atoms with E-state index < -0.39 is 0 Å². The highest BCUT2D eigenvalue weighted by atomic mass is 35.5. The number of carbonyl (C=O) groups excluding carboxylic acids is 2. The molecule has 126 valence electrons. The molecule has 2 amide bonds. The van der Waals surface area contributed by atoms with Crippen LogP contribution in [0.5, 0.6) is 0 Å². The van der Waals surface area contributed by atoms with Gasteiger partial charge in [-0.15, -0.1) is 0 Å². The zero-order chi connectivity index (χ0) is 16.8. The number of amides is 2. The summed E-state index contributed by atoms with van der Waals surface area (Å²) < 4.78 is 5.27. The average Bonchev–Trinajstić information content (AvgIpc) is 2.56. The zero-order valence-electron chi connectivity index (χ0n) is 13.0. The summed E-state index contributed by atoms with van der Waals surface area (Å²) in [6.45, 7) is 3.49. The number of hydrogen-bond acceptors (Lipinski definition) is 3. The number of likely N-dealkylation sites (N-methyl/N-ethyl adjacent to an activating group) is 1. The van der Waals surface area contributed by atoms with Crippen molar-refractivity contribution in [3.05, 3.63) is 28.2 Å². The van der Waals surface area contributed by atoms with Gasteiger partial charge >= 0.3 is 0 Å². The third-order valence-corrected chi connectivity index (χ3v) is 4.46. The Kier molecular flexibility index (Phi) is 6.69. The first-order valence-electron chi connectivity index (χ1n) is 7.63. The molecule has 0 radical (unpaired) electrons. The molecule has 0 atom stereocenters. The van der Waals surface area contributed by atoms with Crippen molar-refractivity contribution in [2.45, 2.75) is 19.8 Å². The fourth-order valence-electron chi connectivity index (χ4n) is 2.52. The number of para-hydroxylation sites is 1. The van der Waals surface area contributed by atoms with Crippen LogP contribution in [0.15, 0.2) is 18.2 Å². The van der Waals surface area contributed by atoms with E-state index in [9.17, 15) is 9.59 Å². The third-order valence-electron chi connectivity index (χ3n) is 3.83. The number of carbonyl (C=O) groups is 2. The smallest absolute Gasteiger partial charge is 0.244 e. The Bertz CT molecular complexity index is 554. The standard InChI is InChI=1S/C16H20Cl2N2O3/c1-2-20(16(22)11-6-8-23-9-7-11)10-14(21)19-15-12(17)4-3-5-13(15)18/h3-5,11H,2,6-10H2,1H3,(H,19,21). The van der Waals surface area contributed by atoms with Gasteiger partial charge in [0, 0.05) is 25.7 Å². The molecular weight excluding hydrogens is 339 g/mol. The largest absolute Gasteiger partial charge is 0.381 e. The molecule has 0 aromatic heterocycles. The maximum Gasteiger partial charge on any atom is 0.244 e.